The fourth-order valence-electron chi connectivity index (χ4n) is 1.50. The van der Waals surface area contributed by atoms with E-state index in [1.807, 2.05) is 0 Å². The van der Waals surface area contributed by atoms with E-state index in [-0.39, 0.29) is 37.3 Å². The number of ether oxygens (including phenoxy) is 2. The Morgan fingerprint density at radius 3 is 2.52 bits per heavy atom. The summed E-state index contributed by atoms with van der Waals surface area (Å²) in [6.45, 7) is 0.384. The van der Waals surface area contributed by atoms with Crippen LogP contribution in [0.3, 0.4) is 0 Å². The number of carbonyl (C=O) groups excluding carboxylic acids is 2. The van der Waals surface area contributed by atoms with Gasteiger partial charge < -0.3 is 19.9 Å². The van der Waals surface area contributed by atoms with Crippen molar-refractivity contribution in [3.05, 3.63) is 29.8 Å². The number of anilines is 1. The average Bonchev–Trinajstić information content (AvgIpc) is 2.46. The molecule has 1 amide bonds. The third-order valence-electron chi connectivity index (χ3n) is 2.51. The van der Waals surface area contributed by atoms with Gasteiger partial charge in [0.2, 0.25) is 5.91 Å². The molecule has 0 saturated carbocycles. The molecule has 0 fully saturated rings. The minimum Gasteiger partial charge on any atom is -0.481 e. The number of benzene rings is 1. The van der Waals surface area contributed by atoms with Crippen molar-refractivity contribution < 1.29 is 29.0 Å². The minimum absolute atomic E-state index is 0.108. The first kappa shape index (κ1) is 16.6. The largest absolute Gasteiger partial charge is 0.481 e. The van der Waals surface area contributed by atoms with Gasteiger partial charge in [-0.1, -0.05) is 12.1 Å². The standard InChI is InChI=1S/C14H17NO6/c1-20-8-9-21-14(19)10-4-2-3-5-11(10)15-12(16)6-7-13(17)18/h2-5H,6-9H2,1H3,(H,15,16)(H,17,18). The topological polar surface area (TPSA) is 102 Å². The van der Waals surface area contributed by atoms with Crippen molar-refractivity contribution in [3.8, 4) is 0 Å². The molecule has 114 valence electrons. The Morgan fingerprint density at radius 1 is 1.14 bits per heavy atom. The Morgan fingerprint density at radius 2 is 1.86 bits per heavy atom. The first-order chi connectivity index (χ1) is 10.0. The number of carboxylic acid groups (broad SMARTS) is 1. The summed E-state index contributed by atoms with van der Waals surface area (Å²) in [5.41, 5.74) is 0.493. The number of para-hydroxylation sites is 1. The Bertz CT molecular complexity index is 514. The van der Waals surface area contributed by atoms with Gasteiger partial charge in [0.1, 0.15) is 6.61 Å². The monoisotopic (exact) mass is 295 g/mol. The average molecular weight is 295 g/mol. The third kappa shape index (κ3) is 6.05. The van der Waals surface area contributed by atoms with Gasteiger partial charge in [0.25, 0.3) is 0 Å². The molecule has 1 rings (SSSR count). The van der Waals surface area contributed by atoms with Crippen LogP contribution in [0, 0.1) is 0 Å². The number of rotatable bonds is 8. The number of hydrogen-bond donors (Lipinski definition) is 2. The Kier molecular flexibility index (Phi) is 6.90. The molecule has 21 heavy (non-hydrogen) atoms. The number of esters is 1. The van der Waals surface area contributed by atoms with Crippen LogP contribution in [0.25, 0.3) is 0 Å². The normalized spacial score (nSPS) is 9.95. The van der Waals surface area contributed by atoms with Gasteiger partial charge in [0.15, 0.2) is 0 Å². The number of carboxylic acids is 1. The summed E-state index contributed by atoms with van der Waals surface area (Å²) >= 11 is 0. The lowest BCUT2D eigenvalue weighted by Gasteiger charge is -2.10. The highest BCUT2D eigenvalue weighted by atomic mass is 16.6. The molecule has 7 heteroatoms. The lowest BCUT2D eigenvalue weighted by atomic mass is 10.1. The molecule has 0 aliphatic rings. The zero-order valence-electron chi connectivity index (χ0n) is 11.6. The molecule has 0 saturated heterocycles. The van der Waals surface area contributed by atoms with Crippen LogP contribution in [0.5, 0.6) is 0 Å². The van der Waals surface area contributed by atoms with Crippen LogP contribution >= 0.6 is 0 Å². The Hall–Kier alpha value is -2.41. The molecule has 0 aromatic heterocycles. The van der Waals surface area contributed by atoms with E-state index in [4.69, 9.17) is 14.6 Å². The smallest absolute Gasteiger partial charge is 0.340 e. The molecule has 0 radical (unpaired) electrons. The van der Waals surface area contributed by atoms with Crippen molar-refractivity contribution in [3.63, 3.8) is 0 Å². The van der Waals surface area contributed by atoms with Crippen molar-refractivity contribution in [2.24, 2.45) is 0 Å². The first-order valence-corrected chi connectivity index (χ1v) is 6.31. The third-order valence-corrected chi connectivity index (χ3v) is 2.51. The number of amides is 1. The SMILES string of the molecule is COCCOC(=O)c1ccccc1NC(=O)CCC(=O)O. The summed E-state index contributed by atoms with van der Waals surface area (Å²) in [6.07, 6.45) is -0.436. The van der Waals surface area contributed by atoms with Gasteiger partial charge >= 0.3 is 11.9 Å². The maximum absolute atomic E-state index is 11.9. The van der Waals surface area contributed by atoms with Crippen LogP contribution in [-0.4, -0.2) is 43.3 Å². The van der Waals surface area contributed by atoms with Gasteiger partial charge in [-0.2, -0.15) is 0 Å². The zero-order chi connectivity index (χ0) is 15.7. The lowest BCUT2D eigenvalue weighted by molar-refractivity contribution is -0.138. The summed E-state index contributed by atoms with van der Waals surface area (Å²) in [5.74, 6) is -2.12. The summed E-state index contributed by atoms with van der Waals surface area (Å²) in [7, 11) is 1.49. The number of hydrogen-bond acceptors (Lipinski definition) is 5. The van der Waals surface area contributed by atoms with Crippen LogP contribution in [0.4, 0.5) is 5.69 Å². The summed E-state index contributed by atoms with van der Waals surface area (Å²) in [5, 5.41) is 11.0. The molecule has 1 aromatic rings. The molecule has 0 heterocycles. The predicted octanol–water partition coefficient (Wildman–Crippen LogP) is 1.29. The van der Waals surface area contributed by atoms with E-state index in [1.54, 1.807) is 18.2 Å². The molecular formula is C14H17NO6. The number of carbonyl (C=O) groups is 3. The van der Waals surface area contributed by atoms with E-state index in [2.05, 4.69) is 5.32 Å². The second-order valence-corrected chi connectivity index (χ2v) is 4.12. The Labute approximate surface area is 121 Å². The van der Waals surface area contributed by atoms with E-state index >= 15 is 0 Å². The van der Waals surface area contributed by atoms with Gasteiger partial charge in [-0.15, -0.1) is 0 Å². The van der Waals surface area contributed by atoms with E-state index in [9.17, 15) is 14.4 Å². The number of methoxy groups -OCH3 is 1. The molecule has 0 spiro atoms. The van der Waals surface area contributed by atoms with Crippen molar-refractivity contribution in [1.82, 2.24) is 0 Å². The van der Waals surface area contributed by atoms with Gasteiger partial charge in [0.05, 0.1) is 24.3 Å². The molecule has 0 unspecified atom stereocenters. The van der Waals surface area contributed by atoms with Crippen molar-refractivity contribution in [1.29, 1.82) is 0 Å². The quantitative estimate of drug-likeness (QED) is 0.553. The molecule has 0 aliphatic carbocycles. The van der Waals surface area contributed by atoms with E-state index in [1.165, 1.54) is 13.2 Å². The van der Waals surface area contributed by atoms with Crippen LogP contribution in [-0.2, 0) is 19.1 Å². The van der Waals surface area contributed by atoms with Gasteiger partial charge in [-0.3, -0.25) is 9.59 Å². The van der Waals surface area contributed by atoms with Crippen molar-refractivity contribution >= 4 is 23.5 Å². The van der Waals surface area contributed by atoms with Crippen LogP contribution in [0.15, 0.2) is 24.3 Å². The highest BCUT2D eigenvalue weighted by molar-refractivity contribution is 6.01. The molecular weight excluding hydrogens is 278 g/mol. The number of aliphatic carboxylic acids is 1. The van der Waals surface area contributed by atoms with Crippen molar-refractivity contribution in [2.45, 2.75) is 12.8 Å². The van der Waals surface area contributed by atoms with Crippen LogP contribution in [0.2, 0.25) is 0 Å². The van der Waals surface area contributed by atoms with E-state index in [0.717, 1.165) is 0 Å². The molecule has 0 bridgehead atoms. The van der Waals surface area contributed by atoms with Crippen LogP contribution in [0.1, 0.15) is 23.2 Å². The molecule has 7 nitrogen and oxygen atoms in total. The van der Waals surface area contributed by atoms with Gasteiger partial charge in [0, 0.05) is 13.5 Å². The summed E-state index contributed by atoms with van der Waals surface area (Å²) < 4.78 is 9.75. The first-order valence-electron chi connectivity index (χ1n) is 6.31. The minimum atomic E-state index is -1.06. The summed E-state index contributed by atoms with van der Waals surface area (Å²) in [6, 6.07) is 6.35. The lowest BCUT2D eigenvalue weighted by Crippen LogP contribution is -2.17. The fraction of sp³-hybridized carbons (Fsp3) is 0.357. The fourth-order valence-corrected chi connectivity index (χ4v) is 1.50. The zero-order valence-corrected chi connectivity index (χ0v) is 11.6. The predicted molar refractivity (Wildman–Crippen MR) is 74.1 cm³/mol. The molecule has 0 aliphatic heterocycles. The summed E-state index contributed by atoms with van der Waals surface area (Å²) in [4.78, 5) is 33.9. The molecule has 1 aromatic carbocycles. The molecule has 2 N–H and O–H groups in total. The maximum Gasteiger partial charge on any atom is 0.340 e. The van der Waals surface area contributed by atoms with Crippen LogP contribution < -0.4 is 5.32 Å². The second kappa shape index (κ2) is 8.70. The maximum atomic E-state index is 11.9. The van der Waals surface area contributed by atoms with E-state index < -0.39 is 17.8 Å². The Balaban J connectivity index is 2.68. The second-order valence-electron chi connectivity index (χ2n) is 4.12. The highest BCUT2D eigenvalue weighted by Gasteiger charge is 2.14. The number of nitrogens with one attached hydrogen (secondary N) is 1. The highest BCUT2D eigenvalue weighted by Crippen LogP contribution is 2.16. The van der Waals surface area contributed by atoms with Gasteiger partial charge in [-0.25, -0.2) is 4.79 Å². The van der Waals surface area contributed by atoms with Gasteiger partial charge in [-0.05, 0) is 12.1 Å². The molecule has 0 atom stereocenters. The van der Waals surface area contributed by atoms with Crippen molar-refractivity contribution in [2.75, 3.05) is 25.6 Å². The van der Waals surface area contributed by atoms with E-state index in [0.29, 0.717) is 0 Å².